The highest BCUT2D eigenvalue weighted by Gasteiger charge is 1.95. The number of hydrogen-bond donors (Lipinski definition) is 0. The van der Waals surface area contributed by atoms with Crippen molar-refractivity contribution in [3.63, 3.8) is 0 Å². The van der Waals surface area contributed by atoms with Crippen LogP contribution < -0.4 is 0 Å². The van der Waals surface area contributed by atoms with Gasteiger partial charge in [-0.05, 0) is 12.3 Å². The van der Waals surface area contributed by atoms with E-state index in [1.165, 1.54) is 83.5 Å². The maximum absolute atomic E-state index is 2.47. The largest absolute Gasteiger partial charge is 0.0654 e. The molecule has 1 radical (unpaired) electrons. The molecule has 0 heteroatoms. The van der Waals surface area contributed by atoms with Crippen LogP contribution in [-0.2, 0) is 0 Å². The highest BCUT2D eigenvalue weighted by molar-refractivity contribution is 4.62. The van der Waals surface area contributed by atoms with Crippen LogP contribution in [0.3, 0.4) is 0 Å². The van der Waals surface area contributed by atoms with Gasteiger partial charge >= 0.3 is 0 Å². The summed E-state index contributed by atoms with van der Waals surface area (Å²) in [7, 11) is 0. The van der Waals surface area contributed by atoms with Crippen molar-refractivity contribution in [2.45, 2.75) is 104 Å². The van der Waals surface area contributed by atoms with Crippen LogP contribution in [0.15, 0.2) is 0 Å². The zero-order valence-corrected chi connectivity index (χ0v) is 13.3. The Morgan fingerprint density at radius 1 is 0.667 bits per heavy atom. The molecule has 0 bridgehead atoms. The normalized spacial score (nSPS) is 11.3. The lowest BCUT2D eigenvalue weighted by Crippen LogP contribution is -1.87. The van der Waals surface area contributed by atoms with Crippen LogP contribution in [0.25, 0.3) is 0 Å². The van der Waals surface area contributed by atoms with E-state index in [0.29, 0.717) is 0 Å². The molecule has 0 aromatic carbocycles. The van der Waals surface area contributed by atoms with Gasteiger partial charge in [0.05, 0.1) is 0 Å². The van der Waals surface area contributed by atoms with Crippen molar-refractivity contribution in [2.75, 3.05) is 0 Å². The van der Waals surface area contributed by atoms with Gasteiger partial charge in [0.25, 0.3) is 0 Å². The SMILES string of the molecule is CCC[CH]CCCCCCCCCCCC(C)C. The monoisotopic (exact) mass is 253 g/mol. The maximum Gasteiger partial charge on any atom is -0.0386 e. The summed E-state index contributed by atoms with van der Waals surface area (Å²) in [6.07, 6.45) is 21.0. The molecule has 0 aromatic rings. The molecule has 0 aliphatic carbocycles. The summed E-state index contributed by atoms with van der Waals surface area (Å²) in [6, 6.07) is 0. The van der Waals surface area contributed by atoms with Gasteiger partial charge < -0.3 is 0 Å². The Morgan fingerprint density at radius 3 is 1.67 bits per heavy atom. The van der Waals surface area contributed by atoms with Crippen molar-refractivity contribution in [3.05, 3.63) is 6.42 Å². The molecule has 0 aliphatic rings. The summed E-state index contributed by atoms with van der Waals surface area (Å²) in [5.41, 5.74) is 0. The Kier molecular flexibility index (Phi) is 15.1. The minimum Gasteiger partial charge on any atom is -0.0654 e. The minimum absolute atomic E-state index is 0.898. The summed E-state index contributed by atoms with van der Waals surface area (Å²) in [5.74, 6) is 0.898. The molecule has 0 atom stereocenters. The van der Waals surface area contributed by atoms with Crippen molar-refractivity contribution in [2.24, 2.45) is 5.92 Å². The van der Waals surface area contributed by atoms with E-state index in [1.807, 2.05) is 0 Å². The standard InChI is InChI=1S/C18H37/c1-4-5-6-7-8-9-10-11-12-13-14-15-16-17-18(2)3/h6,18H,4-5,7-17H2,1-3H3. The zero-order chi connectivity index (χ0) is 13.5. The minimum atomic E-state index is 0.898. The molecule has 0 nitrogen and oxygen atoms in total. The van der Waals surface area contributed by atoms with E-state index in [9.17, 15) is 0 Å². The van der Waals surface area contributed by atoms with E-state index in [0.717, 1.165) is 5.92 Å². The first kappa shape index (κ1) is 18.0. The third-order valence-electron chi connectivity index (χ3n) is 3.68. The Labute approximate surface area is 117 Å². The van der Waals surface area contributed by atoms with Gasteiger partial charge in [0, 0.05) is 0 Å². The van der Waals surface area contributed by atoms with Crippen LogP contribution in [0.5, 0.6) is 0 Å². The second kappa shape index (κ2) is 15.1. The number of rotatable bonds is 14. The molecule has 0 N–H and O–H groups in total. The predicted octanol–water partition coefficient (Wildman–Crippen LogP) is 6.94. The van der Waals surface area contributed by atoms with Gasteiger partial charge in [0.15, 0.2) is 0 Å². The van der Waals surface area contributed by atoms with Crippen LogP contribution in [0, 0.1) is 12.3 Å². The molecule has 0 saturated carbocycles. The fourth-order valence-corrected chi connectivity index (χ4v) is 2.43. The van der Waals surface area contributed by atoms with Crippen molar-refractivity contribution >= 4 is 0 Å². The molecule has 18 heavy (non-hydrogen) atoms. The van der Waals surface area contributed by atoms with E-state index in [1.54, 1.807) is 0 Å². The topological polar surface area (TPSA) is 0 Å². The summed E-state index contributed by atoms with van der Waals surface area (Å²) >= 11 is 0. The van der Waals surface area contributed by atoms with Gasteiger partial charge in [-0.3, -0.25) is 0 Å². The molecule has 109 valence electrons. The first-order valence-corrected chi connectivity index (χ1v) is 8.59. The maximum atomic E-state index is 2.47. The van der Waals surface area contributed by atoms with E-state index >= 15 is 0 Å². The molecule has 0 spiro atoms. The van der Waals surface area contributed by atoms with Gasteiger partial charge in [-0.2, -0.15) is 0 Å². The zero-order valence-electron chi connectivity index (χ0n) is 13.3. The molecule has 0 aromatic heterocycles. The van der Waals surface area contributed by atoms with Crippen LogP contribution in [0.1, 0.15) is 104 Å². The molecule has 0 saturated heterocycles. The van der Waals surface area contributed by atoms with Gasteiger partial charge in [0.1, 0.15) is 0 Å². The highest BCUT2D eigenvalue weighted by atomic mass is 14.0. The quantitative estimate of drug-likeness (QED) is 0.294. The second-order valence-corrected chi connectivity index (χ2v) is 6.23. The fraction of sp³-hybridized carbons (Fsp3) is 0.944. The van der Waals surface area contributed by atoms with Crippen LogP contribution in [-0.4, -0.2) is 0 Å². The second-order valence-electron chi connectivity index (χ2n) is 6.23. The first-order valence-electron chi connectivity index (χ1n) is 8.59. The van der Waals surface area contributed by atoms with Crippen LogP contribution in [0.2, 0.25) is 0 Å². The van der Waals surface area contributed by atoms with E-state index in [-0.39, 0.29) is 0 Å². The van der Waals surface area contributed by atoms with Crippen molar-refractivity contribution in [3.8, 4) is 0 Å². The summed E-state index contributed by atoms with van der Waals surface area (Å²) in [4.78, 5) is 0. The van der Waals surface area contributed by atoms with Crippen molar-refractivity contribution < 1.29 is 0 Å². The molecule has 0 fully saturated rings. The average Bonchev–Trinajstić information content (AvgIpc) is 2.34. The van der Waals surface area contributed by atoms with Gasteiger partial charge in [-0.15, -0.1) is 0 Å². The molecular formula is C18H37. The van der Waals surface area contributed by atoms with Crippen molar-refractivity contribution in [1.29, 1.82) is 0 Å². The number of unbranched alkanes of at least 4 members (excludes halogenated alkanes) is 12. The van der Waals surface area contributed by atoms with E-state index < -0.39 is 0 Å². The van der Waals surface area contributed by atoms with Gasteiger partial charge in [-0.25, -0.2) is 0 Å². The lowest BCUT2D eigenvalue weighted by molar-refractivity contribution is 0.505. The predicted molar refractivity (Wildman–Crippen MR) is 84.8 cm³/mol. The number of hydrogen-bond acceptors (Lipinski definition) is 0. The Morgan fingerprint density at radius 2 is 1.17 bits per heavy atom. The summed E-state index contributed by atoms with van der Waals surface area (Å²) < 4.78 is 0. The van der Waals surface area contributed by atoms with Gasteiger partial charge in [-0.1, -0.05) is 104 Å². The Bertz CT molecular complexity index is 137. The van der Waals surface area contributed by atoms with E-state index in [4.69, 9.17) is 0 Å². The lowest BCUT2D eigenvalue weighted by atomic mass is 10.0. The molecule has 0 amide bonds. The molecule has 0 aliphatic heterocycles. The smallest absolute Gasteiger partial charge is 0.0386 e. The lowest BCUT2D eigenvalue weighted by Gasteiger charge is -2.04. The van der Waals surface area contributed by atoms with E-state index in [2.05, 4.69) is 27.2 Å². The van der Waals surface area contributed by atoms with Crippen LogP contribution in [0.4, 0.5) is 0 Å². The molecule has 0 heterocycles. The summed E-state index contributed by atoms with van der Waals surface area (Å²) in [5, 5.41) is 0. The average molecular weight is 253 g/mol. The molecule has 0 rings (SSSR count). The first-order chi connectivity index (χ1) is 8.77. The fourth-order valence-electron chi connectivity index (χ4n) is 2.43. The van der Waals surface area contributed by atoms with Crippen molar-refractivity contribution in [1.82, 2.24) is 0 Å². The third kappa shape index (κ3) is 16.0. The van der Waals surface area contributed by atoms with Gasteiger partial charge in [0.2, 0.25) is 0 Å². The highest BCUT2D eigenvalue weighted by Crippen LogP contribution is 2.13. The Balaban J connectivity index is 2.90. The molecule has 0 unspecified atom stereocenters. The summed E-state index contributed by atoms with van der Waals surface area (Å²) in [6.45, 7) is 6.92. The molecular weight excluding hydrogens is 216 g/mol. The van der Waals surface area contributed by atoms with Crippen LogP contribution >= 0.6 is 0 Å². The Hall–Kier alpha value is 0. The third-order valence-corrected chi connectivity index (χ3v) is 3.68.